The van der Waals surface area contributed by atoms with E-state index in [4.69, 9.17) is 0 Å². The number of anilines is 2. The molecule has 170 valence electrons. The van der Waals surface area contributed by atoms with Crippen molar-refractivity contribution < 1.29 is 18.4 Å². The number of imidazole rings is 1. The van der Waals surface area contributed by atoms with Crippen LogP contribution in [0.15, 0.2) is 54.7 Å². The fourth-order valence-corrected chi connectivity index (χ4v) is 3.91. The van der Waals surface area contributed by atoms with Crippen LogP contribution in [0.3, 0.4) is 0 Å². The smallest absolute Gasteiger partial charge is 0.324 e. The van der Waals surface area contributed by atoms with E-state index in [1.54, 1.807) is 18.3 Å². The van der Waals surface area contributed by atoms with Gasteiger partial charge in [-0.05, 0) is 54.4 Å². The Labute approximate surface area is 192 Å². The summed E-state index contributed by atoms with van der Waals surface area (Å²) in [4.78, 5) is 35.7. The Balaban J connectivity index is 1.43. The van der Waals surface area contributed by atoms with Gasteiger partial charge in [0.2, 0.25) is 5.95 Å². The number of carbonyl (C=O) groups is 2. The number of aromatic amines is 1. The lowest BCUT2D eigenvalue weighted by Crippen LogP contribution is -2.20. The number of urea groups is 1. The highest BCUT2D eigenvalue weighted by Gasteiger charge is 2.28. The summed E-state index contributed by atoms with van der Waals surface area (Å²) in [5.41, 5.74) is 3.68. The number of nitrogens with one attached hydrogen (secondary N) is 4. The van der Waals surface area contributed by atoms with Crippen LogP contribution in [0.25, 0.3) is 22.5 Å². The molecule has 2 aromatic carbocycles. The third kappa shape index (κ3) is 3.96. The Kier molecular flexibility index (Phi) is 5.25. The van der Waals surface area contributed by atoms with Crippen molar-refractivity contribution in [2.45, 2.75) is 13.5 Å². The molecule has 1 aliphatic heterocycles. The lowest BCUT2D eigenvalue weighted by Gasteiger charge is -2.13. The average molecular weight is 460 g/mol. The van der Waals surface area contributed by atoms with Crippen molar-refractivity contribution in [1.82, 2.24) is 20.3 Å². The van der Waals surface area contributed by atoms with E-state index in [0.29, 0.717) is 28.1 Å². The number of pyridine rings is 1. The normalized spacial score (nSPS) is 12.3. The van der Waals surface area contributed by atoms with Crippen LogP contribution in [0.1, 0.15) is 21.6 Å². The van der Waals surface area contributed by atoms with Crippen molar-refractivity contribution in [3.8, 4) is 22.5 Å². The maximum atomic E-state index is 15.1. The number of nitrogens with zero attached hydrogens (tertiary/aromatic N) is 2. The number of hydrogen-bond donors (Lipinski definition) is 4. The zero-order valence-corrected chi connectivity index (χ0v) is 17.9. The number of carbonyl (C=O) groups excluding carboxylic acids is 2. The fraction of sp³-hybridized carbons (Fsp3) is 0.0833. The quantitative estimate of drug-likeness (QED) is 0.333. The Hall–Kier alpha value is -4.60. The minimum absolute atomic E-state index is 0.0224. The third-order valence-electron chi connectivity index (χ3n) is 5.40. The second kappa shape index (κ2) is 8.39. The minimum Gasteiger partial charge on any atom is -0.348 e. The first-order valence-corrected chi connectivity index (χ1v) is 10.4. The molecule has 3 amide bonds. The molecule has 0 bridgehead atoms. The molecule has 0 aliphatic carbocycles. The van der Waals surface area contributed by atoms with Crippen LogP contribution in [-0.2, 0) is 6.54 Å². The summed E-state index contributed by atoms with van der Waals surface area (Å²) in [5.74, 6) is -0.973. The highest BCUT2D eigenvalue weighted by atomic mass is 19.1. The van der Waals surface area contributed by atoms with Gasteiger partial charge in [0.1, 0.15) is 17.5 Å². The number of aromatic nitrogens is 3. The second-order valence-corrected chi connectivity index (χ2v) is 7.73. The van der Waals surface area contributed by atoms with Gasteiger partial charge in [0.25, 0.3) is 5.91 Å². The van der Waals surface area contributed by atoms with E-state index in [9.17, 15) is 14.0 Å². The van der Waals surface area contributed by atoms with Gasteiger partial charge >= 0.3 is 6.03 Å². The second-order valence-electron chi connectivity index (χ2n) is 7.73. The van der Waals surface area contributed by atoms with Gasteiger partial charge in [0, 0.05) is 35.2 Å². The van der Waals surface area contributed by atoms with Gasteiger partial charge in [-0.3, -0.25) is 10.1 Å². The van der Waals surface area contributed by atoms with E-state index >= 15 is 4.39 Å². The molecule has 0 fully saturated rings. The molecule has 4 aromatic rings. The zero-order valence-electron chi connectivity index (χ0n) is 17.9. The van der Waals surface area contributed by atoms with Crippen molar-refractivity contribution in [1.29, 1.82) is 0 Å². The maximum Gasteiger partial charge on any atom is 0.324 e. The number of benzene rings is 2. The Morgan fingerprint density at radius 1 is 1.03 bits per heavy atom. The Morgan fingerprint density at radius 3 is 2.56 bits per heavy atom. The average Bonchev–Trinajstić information content (AvgIpc) is 3.40. The van der Waals surface area contributed by atoms with Gasteiger partial charge in [-0.15, -0.1) is 0 Å². The summed E-state index contributed by atoms with van der Waals surface area (Å²) in [5, 5.41) is 7.67. The van der Waals surface area contributed by atoms with Crippen LogP contribution < -0.4 is 16.0 Å². The standard InChI is InChI=1S/C24H18F2N6O2/c1-12-10-27-22(29-12)16-8-7-14(17-11-28-23(33)21(16)17)15-6-5-13(9-18(15)25)30-24(34)32-20-4-2-3-19(26)31-20/h2-10H,11H2,1H3,(H,27,29)(H,28,33)(H2,30,31,32,34). The number of rotatable bonds is 4. The van der Waals surface area contributed by atoms with Crippen LogP contribution in [0.5, 0.6) is 0 Å². The van der Waals surface area contributed by atoms with Crippen molar-refractivity contribution in [3.63, 3.8) is 0 Å². The molecule has 0 atom stereocenters. The van der Waals surface area contributed by atoms with Crippen LogP contribution in [-0.4, -0.2) is 26.9 Å². The van der Waals surface area contributed by atoms with Gasteiger partial charge in [-0.2, -0.15) is 4.39 Å². The number of halogens is 2. The molecule has 3 heterocycles. The number of H-pyrrole nitrogens is 1. The molecule has 0 saturated heterocycles. The van der Waals surface area contributed by atoms with E-state index < -0.39 is 17.8 Å². The molecule has 0 saturated carbocycles. The fourth-order valence-electron chi connectivity index (χ4n) is 3.91. The van der Waals surface area contributed by atoms with E-state index in [2.05, 4.69) is 30.9 Å². The van der Waals surface area contributed by atoms with Crippen molar-refractivity contribution >= 4 is 23.4 Å². The summed E-state index contributed by atoms with van der Waals surface area (Å²) < 4.78 is 28.3. The van der Waals surface area contributed by atoms with Crippen molar-refractivity contribution in [2.24, 2.45) is 0 Å². The molecule has 1 aliphatic rings. The number of hydrogen-bond acceptors (Lipinski definition) is 4. The van der Waals surface area contributed by atoms with Gasteiger partial charge in [-0.1, -0.05) is 12.1 Å². The van der Waals surface area contributed by atoms with Crippen LogP contribution in [0, 0.1) is 18.7 Å². The molecule has 4 N–H and O–H groups in total. The maximum absolute atomic E-state index is 15.1. The van der Waals surface area contributed by atoms with E-state index in [1.807, 2.05) is 6.92 Å². The lowest BCUT2D eigenvalue weighted by molar-refractivity contribution is 0.0966. The number of amides is 3. The summed E-state index contributed by atoms with van der Waals surface area (Å²) in [6.07, 6.45) is 1.67. The predicted molar refractivity (Wildman–Crippen MR) is 122 cm³/mol. The molecular weight excluding hydrogens is 442 g/mol. The Morgan fingerprint density at radius 2 is 1.82 bits per heavy atom. The van der Waals surface area contributed by atoms with E-state index in [-0.39, 0.29) is 29.5 Å². The topological polar surface area (TPSA) is 112 Å². The molecule has 2 aromatic heterocycles. The third-order valence-corrected chi connectivity index (χ3v) is 5.40. The highest BCUT2D eigenvalue weighted by Crippen LogP contribution is 2.36. The molecule has 0 spiro atoms. The van der Waals surface area contributed by atoms with Crippen molar-refractivity contribution in [2.75, 3.05) is 10.6 Å². The Bertz CT molecular complexity index is 1450. The van der Waals surface area contributed by atoms with Gasteiger partial charge in [0.05, 0.1) is 5.56 Å². The first-order chi connectivity index (χ1) is 16.4. The molecule has 0 radical (unpaired) electrons. The molecule has 8 nitrogen and oxygen atoms in total. The summed E-state index contributed by atoms with van der Waals surface area (Å²) in [6, 6.07) is 11.0. The van der Waals surface area contributed by atoms with Crippen LogP contribution >= 0.6 is 0 Å². The SMILES string of the molecule is Cc1cnc(-c2ccc(-c3ccc(NC(=O)Nc4cccc(F)n4)cc3F)c3c2C(=O)NC3)[nH]1. The van der Waals surface area contributed by atoms with Gasteiger partial charge in [-0.25, -0.2) is 19.2 Å². The van der Waals surface area contributed by atoms with Crippen LogP contribution in [0.4, 0.5) is 25.1 Å². The van der Waals surface area contributed by atoms with Gasteiger partial charge < -0.3 is 15.6 Å². The molecule has 34 heavy (non-hydrogen) atoms. The molecule has 5 rings (SSSR count). The summed E-state index contributed by atoms with van der Waals surface area (Å²) in [6.45, 7) is 2.13. The molecule has 10 heteroatoms. The largest absolute Gasteiger partial charge is 0.348 e. The lowest BCUT2D eigenvalue weighted by atomic mass is 9.92. The van der Waals surface area contributed by atoms with Gasteiger partial charge in [0.15, 0.2) is 0 Å². The number of aryl methyl sites for hydroxylation is 1. The summed E-state index contributed by atoms with van der Waals surface area (Å²) in [7, 11) is 0. The molecule has 0 unspecified atom stereocenters. The molecular formula is C24H18F2N6O2. The number of fused-ring (bicyclic) bond motifs is 1. The van der Waals surface area contributed by atoms with Crippen LogP contribution in [0.2, 0.25) is 0 Å². The predicted octanol–water partition coefficient (Wildman–Crippen LogP) is 4.61. The monoisotopic (exact) mass is 460 g/mol. The van der Waals surface area contributed by atoms with Crippen molar-refractivity contribution in [3.05, 3.63) is 83.3 Å². The highest BCUT2D eigenvalue weighted by molar-refractivity contribution is 6.06. The zero-order chi connectivity index (χ0) is 23.8. The summed E-state index contributed by atoms with van der Waals surface area (Å²) >= 11 is 0. The minimum atomic E-state index is -0.734. The first kappa shape index (κ1) is 21.3. The van der Waals surface area contributed by atoms with E-state index in [0.717, 1.165) is 11.8 Å². The first-order valence-electron chi connectivity index (χ1n) is 10.4. The van der Waals surface area contributed by atoms with E-state index in [1.165, 1.54) is 30.3 Å².